The molecule has 0 bridgehead atoms. The van der Waals surface area contributed by atoms with Gasteiger partial charge in [0.15, 0.2) is 0 Å². The molecule has 5 nitrogen and oxygen atoms in total. The van der Waals surface area contributed by atoms with Gasteiger partial charge in [0, 0.05) is 29.9 Å². The van der Waals surface area contributed by atoms with E-state index in [1.807, 2.05) is 6.20 Å². The molecule has 1 aromatic heterocycles. The minimum atomic E-state index is -0.218. The van der Waals surface area contributed by atoms with Gasteiger partial charge in [0.1, 0.15) is 11.6 Å². The molecule has 2 N–H and O–H groups in total. The summed E-state index contributed by atoms with van der Waals surface area (Å²) < 4.78 is 13.9. The van der Waals surface area contributed by atoms with Crippen LogP contribution in [0.1, 0.15) is 50.9 Å². The van der Waals surface area contributed by atoms with Crippen molar-refractivity contribution in [1.82, 2.24) is 25.1 Å². The SMILES string of the molecule is Cc1c(F)ccc2[nH]c(C3=CNC(N(CCCC4CCN(C)CC4)C(C)C)C=C3)nc12. The number of H-pyrrole nitrogens is 1. The van der Waals surface area contributed by atoms with Crippen molar-refractivity contribution in [3.63, 3.8) is 0 Å². The van der Waals surface area contributed by atoms with Crippen LogP contribution in [0.25, 0.3) is 16.6 Å². The Hall–Kier alpha value is -2.18. The smallest absolute Gasteiger partial charge is 0.139 e. The van der Waals surface area contributed by atoms with Crippen LogP contribution >= 0.6 is 0 Å². The summed E-state index contributed by atoms with van der Waals surface area (Å²) in [5.74, 6) is 1.43. The van der Waals surface area contributed by atoms with E-state index in [0.29, 0.717) is 17.1 Å². The summed E-state index contributed by atoms with van der Waals surface area (Å²) in [6.45, 7) is 9.88. The quantitative estimate of drug-likeness (QED) is 0.677. The van der Waals surface area contributed by atoms with Crippen LogP contribution in [0.5, 0.6) is 0 Å². The predicted molar refractivity (Wildman–Crippen MR) is 126 cm³/mol. The lowest BCUT2D eigenvalue weighted by atomic mass is 9.92. The first kappa shape index (κ1) is 22.0. The van der Waals surface area contributed by atoms with Gasteiger partial charge in [0.2, 0.25) is 0 Å². The summed E-state index contributed by atoms with van der Waals surface area (Å²) in [7, 11) is 2.23. The van der Waals surface area contributed by atoms with Crippen molar-refractivity contribution in [2.45, 2.75) is 58.7 Å². The number of aryl methyl sites for hydroxylation is 1. The molecule has 3 heterocycles. The van der Waals surface area contributed by atoms with Crippen LogP contribution in [0.2, 0.25) is 0 Å². The van der Waals surface area contributed by atoms with Crippen LogP contribution in [0.4, 0.5) is 4.39 Å². The highest BCUT2D eigenvalue weighted by Crippen LogP contribution is 2.25. The maximum atomic E-state index is 13.9. The van der Waals surface area contributed by atoms with Gasteiger partial charge in [0.05, 0.1) is 17.2 Å². The standard InChI is InChI=1S/C25H36FN5/c1-17(2)31(13-5-6-19-11-14-30(4)15-12-19)23-10-7-20(16-27-23)25-28-22-9-8-21(26)18(3)24(22)29-25/h7-10,16-17,19,23,27H,5-6,11-15H2,1-4H3,(H,28,29). The lowest BCUT2D eigenvalue weighted by Crippen LogP contribution is -2.47. The van der Waals surface area contributed by atoms with Gasteiger partial charge < -0.3 is 15.2 Å². The molecule has 168 valence electrons. The Morgan fingerprint density at radius 3 is 2.71 bits per heavy atom. The minimum Gasteiger partial charge on any atom is -0.372 e. The summed E-state index contributed by atoms with van der Waals surface area (Å²) in [6, 6.07) is 3.71. The van der Waals surface area contributed by atoms with Gasteiger partial charge in [-0.2, -0.15) is 0 Å². The Kier molecular flexibility index (Phi) is 6.77. The third-order valence-electron chi connectivity index (χ3n) is 6.87. The number of rotatable bonds is 7. The van der Waals surface area contributed by atoms with E-state index in [9.17, 15) is 4.39 Å². The van der Waals surface area contributed by atoms with Crippen LogP contribution in [-0.4, -0.2) is 58.7 Å². The lowest BCUT2D eigenvalue weighted by molar-refractivity contribution is 0.152. The molecule has 0 saturated carbocycles. The van der Waals surface area contributed by atoms with E-state index < -0.39 is 0 Å². The average Bonchev–Trinajstić information content (AvgIpc) is 3.20. The molecule has 2 aliphatic rings. The number of dihydropyridines is 1. The Balaban J connectivity index is 1.36. The topological polar surface area (TPSA) is 47.2 Å². The number of piperidine rings is 1. The van der Waals surface area contributed by atoms with E-state index in [-0.39, 0.29) is 12.0 Å². The number of hydrogen-bond donors (Lipinski definition) is 2. The highest BCUT2D eigenvalue weighted by atomic mass is 19.1. The predicted octanol–water partition coefficient (Wildman–Crippen LogP) is 4.67. The number of nitrogens with one attached hydrogen (secondary N) is 2. The van der Waals surface area contributed by atoms with E-state index in [2.05, 4.69) is 58.1 Å². The normalized spacial score (nSPS) is 20.6. The number of benzene rings is 1. The largest absolute Gasteiger partial charge is 0.372 e. The maximum absolute atomic E-state index is 13.9. The van der Waals surface area contributed by atoms with Crippen molar-refractivity contribution in [1.29, 1.82) is 0 Å². The monoisotopic (exact) mass is 425 g/mol. The number of aromatic nitrogens is 2. The summed E-state index contributed by atoms with van der Waals surface area (Å²) >= 11 is 0. The van der Waals surface area contributed by atoms with Crippen molar-refractivity contribution in [2.24, 2.45) is 5.92 Å². The van der Waals surface area contributed by atoms with Crippen molar-refractivity contribution >= 4 is 16.6 Å². The summed E-state index contributed by atoms with van der Waals surface area (Å²) in [4.78, 5) is 12.9. The molecule has 6 heteroatoms. The van der Waals surface area contributed by atoms with Crippen LogP contribution in [0, 0.1) is 18.7 Å². The zero-order valence-electron chi connectivity index (χ0n) is 19.3. The first-order chi connectivity index (χ1) is 14.9. The second-order valence-electron chi connectivity index (χ2n) is 9.44. The van der Waals surface area contributed by atoms with E-state index in [1.54, 1.807) is 13.0 Å². The number of halogens is 1. The van der Waals surface area contributed by atoms with Gasteiger partial charge in [-0.25, -0.2) is 9.37 Å². The molecule has 4 rings (SSSR count). The second kappa shape index (κ2) is 9.53. The molecule has 2 aliphatic heterocycles. The fraction of sp³-hybridized carbons (Fsp3) is 0.560. The molecular formula is C25H36FN5. The Labute approximate surface area is 185 Å². The van der Waals surface area contributed by atoms with Crippen LogP contribution < -0.4 is 5.32 Å². The van der Waals surface area contributed by atoms with Crippen LogP contribution in [-0.2, 0) is 0 Å². The zero-order valence-corrected chi connectivity index (χ0v) is 19.3. The second-order valence-corrected chi connectivity index (χ2v) is 9.44. The van der Waals surface area contributed by atoms with Crippen molar-refractivity contribution < 1.29 is 4.39 Å². The molecule has 0 aliphatic carbocycles. The van der Waals surface area contributed by atoms with E-state index in [4.69, 9.17) is 0 Å². The molecule has 1 unspecified atom stereocenters. The molecular weight excluding hydrogens is 389 g/mol. The molecule has 0 amide bonds. The van der Waals surface area contributed by atoms with Gasteiger partial charge in [-0.3, -0.25) is 4.90 Å². The number of imidazole rings is 1. The zero-order chi connectivity index (χ0) is 22.0. The third kappa shape index (κ3) is 5.01. The first-order valence-electron chi connectivity index (χ1n) is 11.7. The van der Waals surface area contributed by atoms with Gasteiger partial charge in [-0.15, -0.1) is 0 Å². The van der Waals surface area contributed by atoms with E-state index in [0.717, 1.165) is 29.4 Å². The van der Waals surface area contributed by atoms with Crippen molar-refractivity contribution in [2.75, 3.05) is 26.7 Å². The molecule has 1 saturated heterocycles. The number of nitrogens with zero attached hydrogens (tertiary/aromatic N) is 3. The lowest BCUT2D eigenvalue weighted by Gasteiger charge is -2.35. The van der Waals surface area contributed by atoms with Crippen LogP contribution in [0.3, 0.4) is 0 Å². The van der Waals surface area contributed by atoms with Gasteiger partial charge in [-0.05, 0) is 90.7 Å². The molecule has 0 radical (unpaired) electrons. The van der Waals surface area contributed by atoms with Gasteiger partial charge in [-0.1, -0.05) is 6.08 Å². The first-order valence-corrected chi connectivity index (χ1v) is 11.7. The average molecular weight is 426 g/mol. The highest BCUT2D eigenvalue weighted by Gasteiger charge is 2.22. The fourth-order valence-corrected chi connectivity index (χ4v) is 4.78. The van der Waals surface area contributed by atoms with Crippen molar-refractivity contribution in [3.05, 3.63) is 47.7 Å². The molecule has 2 aromatic rings. The highest BCUT2D eigenvalue weighted by molar-refractivity contribution is 5.83. The maximum Gasteiger partial charge on any atom is 0.139 e. The summed E-state index contributed by atoms with van der Waals surface area (Å²) in [5.41, 5.74) is 3.14. The Bertz CT molecular complexity index is 952. The number of hydrogen-bond acceptors (Lipinski definition) is 4. The van der Waals surface area contributed by atoms with Crippen LogP contribution in [0.15, 0.2) is 30.5 Å². The Morgan fingerprint density at radius 1 is 1.26 bits per heavy atom. The van der Waals surface area contributed by atoms with Gasteiger partial charge in [0.25, 0.3) is 0 Å². The van der Waals surface area contributed by atoms with Gasteiger partial charge >= 0.3 is 0 Å². The summed E-state index contributed by atoms with van der Waals surface area (Å²) in [5, 5.41) is 3.55. The molecule has 0 spiro atoms. The molecule has 1 atom stereocenters. The third-order valence-corrected chi connectivity index (χ3v) is 6.87. The Morgan fingerprint density at radius 2 is 2.03 bits per heavy atom. The number of likely N-dealkylation sites (tertiary alicyclic amines) is 1. The molecule has 31 heavy (non-hydrogen) atoms. The van der Waals surface area contributed by atoms with E-state index in [1.165, 1.54) is 44.8 Å². The van der Waals surface area contributed by atoms with Crippen molar-refractivity contribution in [3.8, 4) is 0 Å². The molecule has 1 aromatic carbocycles. The number of fused-ring (bicyclic) bond motifs is 1. The number of allylic oxidation sites excluding steroid dienone is 2. The molecule has 1 fully saturated rings. The number of aromatic amines is 1. The minimum absolute atomic E-state index is 0.185. The summed E-state index contributed by atoms with van der Waals surface area (Å²) in [6.07, 6.45) is 11.8. The fourth-order valence-electron chi connectivity index (χ4n) is 4.78. The van der Waals surface area contributed by atoms with E-state index >= 15 is 0 Å².